The standard InChI is InChI=1S/C19H24N6O3/c1-13(26)25-15(10-24-12-20-11-21-24)8-14-9-23(7-6-16(14)25)19(28)17-4-3-5-18(27)22(17)2/h3-5,11-12,14-16H,6-10H2,1-2H3/t14-,15+,16+/m1/s1. The fourth-order valence-electron chi connectivity index (χ4n) is 4.67. The van der Waals surface area contributed by atoms with Crippen LogP contribution in [0.25, 0.3) is 0 Å². The normalized spacial score (nSPS) is 24.3. The number of piperidine rings is 1. The maximum atomic E-state index is 13.0. The first-order valence-corrected chi connectivity index (χ1v) is 9.52. The third-order valence-electron chi connectivity index (χ3n) is 5.94. The number of amides is 2. The summed E-state index contributed by atoms with van der Waals surface area (Å²) in [5.74, 6) is 0.145. The highest BCUT2D eigenvalue weighted by Crippen LogP contribution is 2.36. The lowest BCUT2D eigenvalue weighted by molar-refractivity contribution is -0.132. The van der Waals surface area contributed by atoms with Crippen LogP contribution in [-0.4, -0.2) is 66.1 Å². The maximum Gasteiger partial charge on any atom is 0.270 e. The second kappa shape index (κ2) is 7.21. The van der Waals surface area contributed by atoms with Crippen LogP contribution in [0.3, 0.4) is 0 Å². The van der Waals surface area contributed by atoms with Crippen molar-refractivity contribution in [3.63, 3.8) is 0 Å². The summed E-state index contributed by atoms with van der Waals surface area (Å²) in [6, 6.07) is 4.92. The summed E-state index contributed by atoms with van der Waals surface area (Å²) < 4.78 is 3.14. The summed E-state index contributed by atoms with van der Waals surface area (Å²) in [5.41, 5.74) is 0.198. The number of pyridine rings is 1. The molecular weight excluding hydrogens is 360 g/mol. The van der Waals surface area contributed by atoms with Gasteiger partial charge in [-0.1, -0.05) is 6.07 Å². The number of likely N-dealkylation sites (tertiary alicyclic amines) is 2. The lowest BCUT2D eigenvalue weighted by atomic mass is 9.92. The number of nitrogens with zero attached hydrogens (tertiary/aromatic N) is 6. The molecule has 2 fully saturated rings. The van der Waals surface area contributed by atoms with E-state index < -0.39 is 0 Å². The van der Waals surface area contributed by atoms with Crippen molar-refractivity contribution in [2.45, 2.75) is 38.4 Å². The lowest BCUT2D eigenvalue weighted by Gasteiger charge is -2.38. The van der Waals surface area contributed by atoms with Crippen LogP contribution < -0.4 is 5.56 Å². The molecule has 3 atom stereocenters. The molecule has 2 amide bonds. The summed E-state index contributed by atoms with van der Waals surface area (Å²) in [4.78, 5) is 44.9. The Kier molecular flexibility index (Phi) is 4.74. The van der Waals surface area contributed by atoms with Crippen molar-refractivity contribution in [1.82, 2.24) is 29.1 Å². The van der Waals surface area contributed by atoms with E-state index in [-0.39, 0.29) is 35.4 Å². The Hall–Kier alpha value is -2.97. The highest BCUT2D eigenvalue weighted by Gasteiger charge is 2.46. The van der Waals surface area contributed by atoms with E-state index >= 15 is 0 Å². The molecule has 2 aromatic rings. The van der Waals surface area contributed by atoms with Crippen molar-refractivity contribution >= 4 is 11.8 Å². The Morgan fingerprint density at radius 2 is 2.11 bits per heavy atom. The quantitative estimate of drug-likeness (QED) is 0.750. The molecule has 9 nitrogen and oxygen atoms in total. The van der Waals surface area contributed by atoms with E-state index in [4.69, 9.17) is 0 Å². The minimum atomic E-state index is -0.197. The predicted molar refractivity (Wildman–Crippen MR) is 100 cm³/mol. The van der Waals surface area contributed by atoms with Crippen LogP contribution >= 0.6 is 0 Å². The Morgan fingerprint density at radius 3 is 2.82 bits per heavy atom. The Morgan fingerprint density at radius 1 is 1.29 bits per heavy atom. The molecule has 2 aliphatic rings. The van der Waals surface area contributed by atoms with E-state index in [1.54, 1.807) is 37.1 Å². The SMILES string of the molecule is CC(=O)N1[C@H](Cn2cncn2)C[C@@H]2CN(C(=O)c3cccc(=O)n3C)CC[C@@H]21. The van der Waals surface area contributed by atoms with Gasteiger partial charge in [-0.05, 0) is 24.8 Å². The average Bonchev–Trinajstić information content (AvgIpc) is 3.30. The van der Waals surface area contributed by atoms with Gasteiger partial charge in [0.05, 0.1) is 12.6 Å². The van der Waals surface area contributed by atoms with Crippen molar-refractivity contribution in [2.75, 3.05) is 13.1 Å². The van der Waals surface area contributed by atoms with Gasteiger partial charge in [0.1, 0.15) is 18.3 Å². The van der Waals surface area contributed by atoms with Crippen LogP contribution in [0.5, 0.6) is 0 Å². The van der Waals surface area contributed by atoms with Gasteiger partial charge >= 0.3 is 0 Å². The zero-order valence-corrected chi connectivity index (χ0v) is 16.1. The highest BCUT2D eigenvalue weighted by atomic mass is 16.2. The first-order chi connectivity index (χ1) is 13.5. The van der Waals surface area contributed by atoms with Gasteiger partial charge in [0.2, 0.25) is 5.91 Å². The average molecular weight is 384 g/mol. The molecule has 0 N–H and O–H groups in total. The molecule has 4 rings (SSSR count). The van der Waals surface area contributed by atoms with Crippen molar-refractivity contribution in [1.29, 1.82) is 0 Å². The number of carbonyl (C=O) groups excluding carboxylic acids is 2. The molecule has 2 aliphatic heterocycles. The molecule has 148 valence electrons. The fourth-order valence-corrected chi connectivity index (χ4v) is 4.67. The number of hydrogen-bond donors (Lipinski definition) is 0. The Bertz CT molecular complexity index is 937. The van der Waals surface area contributed by atoms with Crippen molar-refractivity contribution < 1.29 is 9.59 Å². The largest absolute Gasteiger partial charge is 0.337 e. The molecule has 2 saturated heterocycles. The van der Waals surface area contributed by atoms with E-state index in [9.17, 15) is 14.4 Å². The minimum absolute atomic E-state index is 0.0466. The van der Waals surface area contributed by atoms with Crippen LogP contribution in [0, 0.1) is 5.92 Å². The topological polar surface area (TPSA) is 93.3 Å². The third kappa shape index (κ3) is 3.21. The van der Waals surface area contributed by atoms with Gasteiger partial charge in [0, 0.05) is 39.2 Å². The zero-order chi connectivity index (χ0) is 19.8. The van der Waals surface area contributed by atoms with Crippen LogP contribution in [-0.2, 0) is 18.4 Å². The molecule has 0 unspecified atom stereocenters. The summed E-state index contributed by atoms with van der Waals surface area (Å²) in [7, 11) is 1.61. The van der Waals surface area contributed by atoms with Crippen LogP contribution in [0.1, 0.15) is 30.3 Å². The first kappa shape index (κ1) is 18.4. The van der Waals surface area contributed by atoms with Crippen molar-refractivity contribution in [2.24, 2.45) is 13.0 Å². The molecular formula is C19H24N6O3. The molecule has 0 radical (unpaired) electrons. The van der Waals surface area contributed by atoms with Crippen LogP contribution in [0.4, 0.5) is 0 Å². The molecule has 9 heteroatoms. The third-order valence-corrected chi connectivity index (χ3v) is 5.94. The lowest BCUT2D eigenvalue weighted by Crippen LogP contribution is -2.50. The van der Waals surface area contributed by atoms with Gasteiger partial charge in [0.25, 0.3) is 11.5 Å². The van der Waals surface area contributed by atoms with Gasteiger partial charge in [-0.25, -0.2) is 4.98 Å². The first-order valence-electron chi connectivity index (χ1n) is 9.52. The molecule has 4 heterocycles. The summed E-state index contributed by atoms with van der Waals surface area (Å²) in [6.07, 6.45) is 4.71. The molecule has 0 aromatic carbocycles. The molecule has 28 heavy (non-hydrogen) atoms. The molecule has 0 aliphatic carbocycles. The summed E-state index contributed by atoms with van der Waals surface area (Å²) in [6.45, 7) is 3.37. The van der Waals surface area contributed by atoms with E-state index in [0.29, 0.717) is 25.3 Å². The van der Waals surface area contributed by atoms with E-state index in [2.05, 4.69) is 10.1 Å². The molecule has 0 bridgehead atoms. The second-order valence-electron chi connectivity index (χ2n) is 7.61. The van der Waals surface area contributed by atoms with E-state index in [1.807, 2.05) is 9.80 Å². The predicted octanol–water partition coefficient (Wildman–Crippen LogP) is 0.129. The number of aromatic nitrogens is 4. The van der Waals surface area contributed by atoms with Gasteiger partial charge in [-0.2, -0.15) is 5.10 Å². The Balaban J connectivity index is 1.52. The van der Waals surface area contributed by atoms with Gasteiger partial charge < -0.3 is 14.4 Å². The van der Waals surface area contributed by atoms with E-state index in [1.165, 1.54) is 17.0 Å². The monoisotopic (exact) mass is 384 g/mol. The van der Waals surface area contributed by atoms with Crippen molar-refractivity contribution in [3.8, 4) is 0 Å². The van der Waals surface area contributed by atoms with E-state index in [0.717, 1.165) is 12.8 Å². The second-order valence-corrected chi connectivity index (χ2v) is 7.61. The molecule has 2 aromatic heterocycles. The van der Waals surface area contributed by atoms with Gasteiger partial charge in [0.15, 0.2) is 0 Å². The zero-order valence-electron chi connectivity index (χ0n) is 16.1. The highest BCUT2D eigenvalue weighted by molar-refractivity contribution is 5.92. The summed E-state index contributed by atoms with van der Waals surface area (Å²) in [5, 5.41) is 4.16. The minimum Gasteiger partial charge on any atom is -0.337 e. The van der Waals surface area contributed by atoms with Crippen molar-refractivity contribution in [3.05, 3.63) is 46.9 Å². The summed E-state index contributed by atoms with van der Waals surface area (Å²) >= 11 is 0. The number of fused-ring (bicyclic) bond motifs is 1. The van der Waals surface area contributed by atoms with Gasteiger partial charge in [-0.15, -0.1) is 0 Å². The maximum absolute atomic E-state index is 13.0. The Labute approximate surface area is 162 Å². The number of rotatable bonds is 3. The smallest absolute Gasteiger partial charge is 0.270 e. The number of hydrogen-bond acceptors (Lipinski definition) is 5. The van der Waals surface area contributed by atoms with Crippen LogP contribution in [0.15, 0.2) is 35.6 Å². The molecule has 0 spiro atoms. The van der Waals surface area contributed by atoms with Gasteiger partial charge in [-0.3, -0.25) is 19.1 Å². The fraction of sp³-hybridized carbons (Fsp3) is 0.526. The molecule has 0 saturated carbocycles. The van der Waals surface area contributed by atoms with Crippen LogP contribution in [0.2, 0.25) is 0 Å². The number of carbonyl (C=O) groups is 2.